The van der Waals surface area contributed by atoms with Crippen molar-refractivity contribution in [2.24, 2.45) is 0 Å². The predicted octanol–water partition coefficient (Wildman–Crippen LogP) is 4.63. The molecule has 2 aromatic rings. The second-order valence-electron chi connectivity index (χ2n) is 5.69. The highest BCUT2D eigenvalue weighted by atomic mass is 35.5. The fraction of sp³-hybridized carbons (Fsp3) is 0.562. The summed E-state index contributed by atoms with van der Waals surface area (Å²) in [6.45, 7) is 4.08. The number of para-hydroxylation sites is 1. The Bertz CT molecular complexity index is 620. The monoisotopic (exact) mass is 324 g/mol. The lowest BCUT2D eigenvalue weighted by molar-refractivity contribution is 0.245. The molecule has 2 heterocycles. The number of ether oxygens (including phenoxy) is 1. The first kappa shape index (κ1) is 15.0. The van der Waals surface area contributed by atoms with Crippen molar-refractivity contribution in [2.45, 2.75) is 44.7 Å². The topological polar surface area (TPSA) is 27.1 Å². The quantitative estimate of drug-likeness (QED) is 0.767. The standard InChI is InChI=1S/C16H21ClN2OS/c1-11(2)20-14-7-3-6-13-16(14)18-15(9-17)19(13)12-5-4-8-21-10-12/h3,6-7,11-12H,4-5,8-10H2,1-2H3. The van der Waals surface area contributed by atoms with Crippen LogP contribution in [-0.2, 0) is 5.88 Å². The van der Waals surface area contributed by atoms with Crippen molar-refractivity contribution >= 4 is 34.4 Å². The number of hydrogen-bond acceptors (Lipinski definition) is 3. The van der Waals surface area contributed by atoms with Gasteiger partial charge in [0.2, 0.25) is 0 Å². The molecule has 1 aliphatic heterocycles. The van der Waals surface area contributed by atoms with Crippen molar-refractivity contribution in [3.8, 4) is 5.75 Å². The molecule has 1 aliphatic rings. The zero-order chi connectivity index (χ0) is 14.8. The number of hydrogen-bond donors (Lipinski definition) is 0. The smallest absolute Gasteiger partial charge is 0.147 e. The summed E-state index contributed by atoms with van der Waals surface area (Å²) >= 11 is 8.17. The van der Waals surface area contributed by atoms with Crippen LogP contribution in [0.2, 0.25) is 0 Å². The Morgan fingerprint density at radius 3 is 3.00 bits per heavy atom. The van der Waals surface area contributed by atoms with E-state index in [2.05, 4.69) is 10.6 Å². The minimum absolute atomic E-state index is 0.144. The molecule has 3 rings (SSSR count). The van der Waals surface area contributed by atoms with Gasteiger partial charge in [-0.05, 0) is 44.6 Å². The first-order chi connectivity index (χ1) is 10.2. The van der Waals surface area contributed by atoms with E-state index in [1.54, 1.807) is 0 Å². The Morgan fingerprint density at radius 2 is 2.33 bits per heavy atom. The first-order valence-electron chi connectivity index (χ1n) is 7.51. The van der Waals surface area contributed by atoms with Gasteiger partial charge in [-0.25, -0.2) is 4.98 Å². The molecular weight excluding hydrogens is 304 g/mol. The number of aromatic nitrogens is 2. The minimum Gasteiger partial charge on any atom is -0.489 e. The van der Waals surface area contributed by atoms with Crippen LogP contribution in [0.1, 0.15) is 38.6 Å². The maximum Gasteiger partial charge on any atom is 0.147 e. The van der Waals surface area contributed by atoms with Crippen molar-refractivity contribution in [1.29, 1.82) is 0 Å². The molecule has 0 amide bonds. The van der Waals surface area contributed by atoms with E-state index in [1.807, 2.05) is 37.7 Å². The highest BCUT2D eigenvalue weighted by Crippen LogP contribution is 2.34. The van der Waals surface area contributed by atoms with Crippen LogP contribution in [0.15, 0.2) is 18.2 Å². The van der Waals surface area contributed by atoms with Gasteiger partial charge in [0.05, 0.1) is 17.5 Å². The Kier molecular flexibility index (Phi) is 4.65. The van der Waals surface area contributed by atoms with E-state index >= 15 is 0 Å². The SMILES string of the molecule is CC(C)Oc1cccc2c1nc(CCl)n2C1CCCSC1. The highest BCUT2D eigenvalue weighted by Gasteiger charge is 2.22. The Labute approximate surface area is 135 Å². The number of benzene rings is 1. The van der Waals surface area contributed by atoms with Crippen LogP contribution < -0.4 is 4.74 Å². The summed E-state index contributed by atoms with van der Waals surface area (Å²) in [4.78, 5) is 4.76. The molecule has 0 aliphatic carbocycles. The first-order valence-corrected chi connectivity index (χ1v) is 9.20. The molecule has 1 aromatic heterocycles. The number of thioether (sulfide) groups is 1. The molecule has 3 nitrogen and oxygen atoms in total. The summed E-state index contributed by atoms with van der Waals surface area (Å²) in [5, 5.41) is 0. The number of fused-ring (bicyclic) bond motifs is 1. The van der Waals surface area contributed by atoms with Crippen molar-refractivity contribution in [3.05, 3.63) is 24.0 Å². The average molecular weight is 325 g/mol. The predicted molar refractivity (Wildman–Crippen MR) is 90.7 cm³/mol. The molecule has 21 heavy (non-hydrogen) atoms. The van der Waals surface area contributed by atoms with Gasteiger partial charge in [0.25, 0.3) is 0 Å². The summed E-state index contributed by atoms with van der Waals surface area (Å²) in [6, 6.07) is 6.67. The van der Waals surface area contributed by atoms with Gasteiger partial charge in [-0.1, -0.05) is 6.07 Å². The van der Waals surface area contributed by atoms with E-state index < -0.39 is 0 Å². The third kappa shape index (κ3) is 3.02. The van der Waals surface area contributed by atoms with Crippen LogP contribution in [0.4, 0.5) is 0 Å². The van der Waals surface area contributed by atoms with E-state index in [0.717, 1.165) is 28.4 Å². The molecule has 0 spiro atoms. The fourth-order valence-corrected chi connectivity index (χ4v) is 4.23. The van der Waals surface area contributed by atoms with Gasteiger partial charge in [0.15, 0.2) is 0 Å². The zero-order valence-electron chi connectivity index (χ0n) is 12.5. The van der Waals surface area contributed by atoms with Crippen LogP contribution >= 0.6 is 23.4 Å². The van der Waals surface area contributed by atoms with Gasteiger partial charge < -0.3 is 9.30 Å². The Hall–Kier alpha value is -0.870. The molecule has 0 bridgehead atoms. The van der Waals surface area contributed by atoms with Crippen LogP contribution in [0.5, 0.6) is 5.75 Å². The Morgan fingerprint density at radius 1 is 1.48 bits per heavy atom. The van der Waals surface area contributed by atoms with Crippen molar-refractivity contribution in [3.63, 3.8) is 0 Å². The van der Waals surface area contributed by atoms with Crippen LogP contribution in [-0.4, -0.2) is 27.2 Å². The highest BCUT2D eigenvalue weighted by molar-refractivity contribution is 7.99. The van der Waals surface area contributed by atoms with Crippen LogP contribution in [0, 0.1) is 0 Å². The summed E-state index contributed by atoms with van der Waals surface area (Å²) in [6.07, 6.45) is 2.61. The van der Waals surface area contributed by atoms with E-state index in [4.69, 9.17) is 21.3 Å². The van der Waals surface area contributed by atoms with Gasteiger partial charge in [0.1, 0.15) is 17.1 Å². The maximum absolute atomic E-state index is 6.15. The fourth-order valence-electron chi connectivity index (χ4n) is 2.92. The molecule has 1 saturated heterocycles. The normalized spacial score (nSPS) is 19.3. The van der Waals surface area contributed by atoms with Crippen molar-refractivity contribution < 1.29 is 4.74 Å². The second kappa shape index (κ2) is 6.49. The molecule has 1 atom stereocenters. The van der Waals surface area contributed by atoms with Crippen LogP contribution in [0.3, 0.4) is 0 Å². The van der Waals surface area contributed by atoms with E-state index in [0.29, 0.717) is 11.9 Å². The summed E-state index contributed by atoms with van der Waals surface area (Å²) in [7, 11) is 0. The molecular formula is C16H21ClN2OS. The lowest BCUT2D eigenvalue weighted by Gasteiger charge is -2.25. The second-order valence-corrected chi connectivity index (χ2v) is 7.11. The largest absolute Gasteiger partial charge is 0.489 e. The molecule has 1 aromatic carbocycles. The van der Waals surface area contributed by atoms with E-state index in [9.17, 15) is 0 Å². The van der Waals surface area contributed by atoms with Gasteiger partial charge in [-0.15, -0.1) is 11.6 Å². The summed E-state index contributed by atoms with van der Waals surface area (Å²) in [5.74, 6) is 4.66. The molecule has 1 fully saturated rings. The summed E-state index contributed by atoms with van der Waals surface area (Å²) < 4.78 is 8.24. The Balaban J connectivity index is 2.09. The van der Waals surface area contributed by atoms with Crippen molar-refractivity contribution in [2.75, 3.05) is 11.5 Å². The summed E-state index contributed by atoms with van der Waals surface area (Å²) in [5.41, 5.74) is 2.09. The van der Waals surface area contributed by atoms with E-state index in [1.165, 1.54) is 18.6 Å². The zero-order valence-corrected chi connectivity index (χ0v) is 14.1. The van der Waals surface area contributed by atoms with Gasteiger partial charge in [-0.3, -0.25) is 0 Å². The third-order valence-electron chi connectivity index (χ3n) is 3.74. The van der Waals surface area contributed by atoms with Crippen LogP contribution in [0.25, 0.3) is 11.0 Å². The minimum atomic E-state index is 0.144. The maximum atomic E-state index is 6.15. The third-order valence-corrected chi connectivity index (χ3v) is 5.18. The van der Waals surface area contributed by atoms with Gasteiger partial charge in [0, 0.05) is 11.8 Å². The lowest BCUT2D eigenvalue weighted by Crippen LogP contribution is -2.18. The van der Waals surface area contributed by atoms with Crippen molar-refractivity contribution in [1.82, 2.24) is 9.55 Å². The number of alkyl halides is 1. The average Bonchev–Trinajstić information content (AvgIpc) is 2.87. The molecule has 0 radical (unpaired) electrons. The number of rotatable bonds is 4. The number of imidazole rings is 1. The van der Waals surface area contributed by atoms with E-state index in [-0.39, 0.29) is 6.10 Å². The molecule has 0 saturated carbocycles. The lowest BCUT2D eigenvalue weighted by atomic mass is 10.1. The molecule has 1 unspecified atom stereocenters. The number of nitrogens with zero attached hydrogens (tertiary/aromatic N) is 2. The molecule has 5 heteroatoms. The molecule has 0 N–H and O–H groups in total. The number of halogens is 1. The van der Waals surface area contributed by atoms with Gasteiger partial charge in [-0.2, -0.15) is 11.8 Å². The molecule has 114 valence electrons. The van der Waals surface area contributed by atoms with Gasteiger partial charge >= 0.3 is 0 Å².